The van der Waals surface area contributed by atoms with E-state index in [0.717, 1.165) is 10.1 Å². The van der Waals surface area contributed by atoms with Crippen LogP contribution in [0.5, 0.6) is 0 Å². The molecule has 0 fully saturated rings. The Morgan fingerprint density at radius 3 is 2.60 bits per heavy atom. The van der Waals surface area contributed by atoms with E-state index < -0.39 is 18.0 Å². The van der Waals surface area contributed by atoms with Crippen LogP contribution in [-0.2, 0) is 6.18 Å². The second-order valence-corrected chi connectivity index (χ2v) is 5.40. The second kappa shape index (κ2) is 6.39. The highest BCUT2D eigenvalue weighted by atomic mass is 19.4. The molecule has 25 heavy (non-hydrogen) atoms. The average molecular weight is 346 g/mol. The summed E-state index contributed by atoms with van der Waals surface area (Å²) in [6.07, 6.45) is -4.53. The number of aryl methyl sites for hydroxylation is 1. The largest absolute Gasteiger partial charge is 0.453 e. The molecule has 3 rings (SSSR count). The molecule has 0 radical (unpaired) electrons. The van der Waals surface area contributed by atoms with E-state index in [4.69, 9.17) is 5.26 Å². The van der Waals surface area contributed by atoms with Gasteiger partial charge < -0.3 is 5.32 Å². The number of halogens is 3. The summed E-state index contributed by atoms with van der Waals surface area (Å²) in [4.78, 5) is 7.42. The molecule has 1 aromatic carbocycles. The molecular formula is C16H13F3N6. The van der Waals surface area contributed by atoms with Gasteiger partial charge in [0.25, 0.3) is 11.6 Å². The van der Waals surface area contributed by atoms with E-state index in [9.17, 15) is 13.2 Å². The Kier molecular flexibility index (Phi) is 4.27. The molecule has 1 N–H and O–H groups in total. The molecule has 0 saturated heterocycles. The Labute approximate surface area is 140 Å². The SMILES string of the molecule is Cc1cc(NC(CC#N)c2ccccc2)n2nc(C(F)(F)F)nc2n1. The van der Waals surface area contributed by atoms with E-state index in [0.29, 0.717) is 5.69 Å². The van der Waals surface area contributed by atoms with Crippen molar-refractivity contribution in [2.24, 2.45) is 0 Å². The Hall–Kier alpha value is -3.15. The van der Waals surface area contributed by atoms with E-state index in [-0.39, 0.29) is 18.0 Å². The lowest BCUT2D eigenvalue weighted by atomic mass is 10.0. The number of aromatic nitrogens is 4. The lowest BCUT2D eigenvalue weighted by Crippen LogP contribution is -2.14. The molecule has 0 spiro atoms. The molecule has 9 heteroatoms. The summed E-state index contributed by atoms with van der Waals surface area (Å²) in [5, 5.41) is 15.6. The second-order valence-electron chi connectivity index (χ2n) is 5.40. The summed E-state index contributed by atoms with van der Waals surface area (Å²) in [6.45, 7) is 1.65. The first-order valence-corrected chi connectivity index (χ1v) is 7.38. The van der Waals surface area contributed by atoms with Crippen LogP contribution in [0.4, 0.5) is 19.0 Å². The molecule has 0 aliphatic carbocycles. The fraction of sp³-hybridized carbons (Fsp3) is 0.250. The van der Waals surface area contributed by atoms with Gasteiger partial charge in [-0.05, 0) is 12.5 Å². The first-order chi connectivity index (χ1) is 11.9. The van der Waals surface area contributed by atoms with Crippen molar-refractivity contribution in [3.05, 3.63) is 53.5 Å². The zero-order valence-electron chi connectivity index (χ0n) is 13.1. The number of benzene rings is 1. The number of fused-ring (bicyclic) bond motifs is 1. The Morgan fingerprint density at radius 1 is 1.24 bits per heavy atom. The molecule has 1 unspecified atom stereocenters. The molecule has 2 aromatic heterocycles. The van der Waals surface area contributed by atoms with Crippen molar-refractivity contribution < 1.29 is 13.2 Å². The normalized spacial score (nSPS) is 12.8. The molecule has 0 aliphatic rings. The first-order valence-electron chi connectivity index (χ1n) is 7.38. The highest BCUT2D eigenvalue weighted by Crippen LogP contribution is 2.28. The maximum Gasteiger partial charge on any atom is 0.453 e. The third kappa shape index (κ3) is 3.52. The number of rotatable bonds is 4. The standard InChI is InChI=1S/C16H13F3N6/c1-10-9-13(22-12(7-8-20)11-5-3-2-4-6-11)25-15(21-10)23-14(24-25)16(17,18)19/h2-6,9,12,22H,7H2,1H3. The van der Waals surface area contributed by atoms with Crippen molar-refractivity contribution in [2.45, 2.75) is 25.6 Å². The molecule has 0 aliphatic heterocycles. The van der Waals surface area contributed by atoms with Crippen molar-refractivity contribution in [1.29, 1.82) is 5.26 Å². The zero-order valence-corrected chi connectivity index (χ0v) is 13.1. The molecule has 0 saturated carbocycles. The third-order valence-electron chi connectivity index (χ3n) is 3.51. The van der Waals surface area contributed by atoms with Crippen molar-refractivity contribution in [3.63, 3.8) is 0 Å². The molecule has 128 valence electrons. The minimum absolute atomic E-state index is 0.133. The van der Waals surface area contributed by atoms with Crippen molar-refractivity contribution >= 4 is 11.6 Å². The predicted octanol–water partition coefficient (Wildman–Crippen LogP) is 3.52. The molecule has 3 aromatic rings. The molecular weight excluding hydrogens is 333 g/mol. The minimum atomic E-state index is -4.66. The van der Waals surface area contributed by atoms with E-state index in [1.807, 2.05) is 30.3 Å². The Morgan fingerprint density at radius 2 is 1.96 bits per heavy atom. The molecule has 0 amide bonds. The van der Waals surface area contributed by atoms with Crippen molar-refractivity contribution in [2.75, 3.05) is 5.32 Å². The zero-order chi connectivity index (χ0) is 18.0. The lowest BCUT2D eigenvalue weighted by Gasteiger charge is -2.18. The average Bonchev–Trinajstić information content (AvgIpc) is 2.99. The maximum atomic E-state index is 12.9. The van der Waals surface area contributed by atoms with Crippen LogP contribution in [0.25, 0.3) is 5.78 Å². The van der Waals surface area contributed by atoms with Crippen LogP contribution in [0, 0.1) is 18.3 Å². The van der Waals surface area contributed by atoms with Crippen LogP contribution in [0.15, 0.2) is 36.4 Å². The van der Waals surface area contributed by atoms with Gasteiger partial charge in [-0.25, -0.2) is 4.98 Å². The van der Waals surface area contributed by atoms with Crippen molar-refractivity contribution in [3.8, 4) is 6.07 Å². The quantitative estimate of drug-likeness (QED) is 0.782. The summed E-state index contributed by atoms with van der Waals surface area (Å²) in [5.41, 5.74) is 1.32. The summed E-state index contributed by atoms with van der Waals surface area (Å²) in [7, 11) is 0. The Bertz CT molecular complexity index is 927. The topological polar surface area (TPSA) is 78.9 Å². The summed E-state index contributed by atoms with van der Waals surface area (Å²) < 4.78 is 39.6. The van der Waals surface area contributed by atoms with Gasteiger partial charge in [0.05, 0.1) is 18.5 Å². The number of anilines is 1. The van der Waals surface area contributed by atoms with Gasteiger partial charge in [0.1, 0.15) is 5.82 Å². The van der Waals surface area contributed by atoms with E-state index in [1.165, 1.54) is 0 Å². The summed E-state index contributed by atoms with van der Waals surface area (Å²) in [6, 6.07) is 12.4. The van der Waals surface area contributed by atoms with Gasteiger partial charge in [0.15, 0.2) is 0 Å². The van der Waals surface area contributed by atoms with Gasteiger partial charge in [-0.1, -0.05) is 30.3 Å². The molecule has 1 atom stereocenters. The highest BCUT2D eigenvalue weighted by molar-refractivity contribution is 5.47. The van der Waals surface area contributed by atoms with Gasteiger partial charge in [0, 0.05) is 11.8 Å². The van der Waals surface area contributed by atoms with Gasteiger partial charge in [-0.2, -0.15) is 27.9 Å². The number of alkyl halides is 3. The fourth-order valence-electron chi connectivity index (χ4n) is 2.42. The third-order valence-corrected chi connectivity index (χ3v) is 3.51. The maximum absolute atomic E-state index is 12.9. The van der Waals surface area contributed by atoms with Gasteiger partial charge in [0.2, 0.25) is 0 Å². The molecule has 2 heterocycles. The van der Waals surface area contributed by atoms with Gasteiger partial charge in [-0.15, -0.1) is 5.10 Å². The van der Waals surface area contributed by atoms with Crippen LogP contribution in [-0.4, -0.2) is 19.6 Å². The van der Waals surface area contributed by atoms with Crippen LogP contribution < -0.4 is 5.32 Å². The van der Waals surface area contributed by atoms with E-state index >= 15 is 0 Å². The fourth-order valence-corrected chi connectivity index (χ4v) is 2.42. The Balaban J connectivity index is 2.05. The van der Waals surface area contributed by atoms with Crippen LogP contribution >= 0.6 is 0 Å². The molecule has 6 nitrogen and oxygen atoms in total. The minimum Gasteiger partial charge on any atom is -0.362 e. The monoisotopic (exact) mass is 346 g/mol. The summed E-state index contributed by atoms with van der Waals surface area (Å²) in [5.74, 6) is -1.13. The van der Waals surface area contributed by atoms with E-state index in [2.05, 4.69) is 26.5 Å². The van der Waals surface area contributed by atoms with Crippen LogP contribution in [0.2, 0.25) is 0 Å². The number of hydrogen-bond acceptors (Lipinski definition) is 5. The number of nitrogens with one attached hydrogen (secondary N) is 1. The smallest absolute Gasteiger partial charge is 0.362 e. The van der Waals surface area contributed by atoms with Gasteiger partial charge >= 0.3 is 6.18 Å². The van der Waals surface area contributed by atoms with Crippen LogP contribution in [0.1, 0.15) is 29.5 Å². The van der Waals surface area contributed by atoms with E-state index in [1.54, 1.807) is 13.0 Å². The lowest BCUT2D eigenvalue weighted by molar-refractivity contribution is -0.144. The van der Waals surface area contributed by atoms with Gasteiger partial charge in [-0.3, -0.25) is 0 Å². The van der Waals surface area contributed by atoms with Crippen LogP contribution in [0.3, 0.4) is 0 Å². The number of hydrogen-bond donors (Lipinski definition) is 1. The number of nitrogens with zero attached hydrogens (tertiary/aromatic N) is 5. The first kappa shape index (κ1) is 16.7. The predicted molar refractivity (Wildman–Crippen MR) is 83.6 cm³/mol. The molecule has 0 bridgehead atoms. The van der Waals surface area contributed by atoms with Crippen molar-refractivity contribution in [1.82, 2.24) is 19.6 Å². The number of nitriles is 1. The highest BCUT2D eigenvalue weighted by Gasteiger charge is 2.37. The summed E-state index contributed by atoms with van der Waals surface area (Å²) >= 11 is 0.